The lowest BCUT2D eigenvalue weighted by Crippen LogP contribution is -2.33. The van der Waals surface area contributed by atoms with Crippen LogP contribution in [0.5, 0.6) is 11.6 Å². The summed E-state index contributed by atoms with van der Waals surface area (Å²) in [4.78, 5) is 15.2. The Morgan fingerprint density at radius 1 is 1.07 bits per heavy atom. The van der Waals surface area contributed by atoms with Gasteiger partial charge in [0.2, 0.25) is 5.88 Å². The van der Waals surface area contributed by atoms with E-state index in [1.807, 2.05) is 0 Å². The number of nitrogens with zero attached hydrogens (tertiary/aromatic N) is 1. The minimum Gasteiger partial charge on any atom is -0.444 e. The fraction of sp³-hybridized carbons (Fsp3) is 0.368. The van der Waals surface area contributed by atoms with Crippen LogP contribution in [0.4, 0.5) is 18.0 Å². The van der Waals surface area contributed by atoms with Crippen molar-refractivity contribution in [1.29, 1.82) is 0 Å². The van der Waals surface area contributed by atoms with Gasteiger partial charge in [-0.1, -0.05) is 12.1 Å². The SMILES string of the molecule is CC(C)(C)OC(=O)NCCc1ccc(Oc2ccc(C(F)(F)F)cn2)cc1. The van der Waals surface area contributed by atoms with Crippen molar-refractivity contribution in [3.05, 3.63) is 53.7 Å². The molecule has 0 saturated carbocycles. The van der Waals surface area contributed by atoms with Crippen molar-refractivity contribution in [3.63, 3.8) is 0 Å². The lowest BCUT2D eigenvalue weighted by atomic mass is 10.1. The van der Waals surface area contributed by atoms with Crippen molar-refractivity contribution in [2.75, 3.05) is 6.54 Å². The van der Waals surface area contributed by atoms with Gasteiger partial charge in [0.1, 0.15) is 11.4 Å². The van der Waals surface area contributed by atoms with E-state index in [9.17, 15) is 18.0 Å². The molecule has 2 aromatic rings. The first kappa shape index (κ1) is 20.5. The monoisotopic (exact) mass is 382 g/mol. The first-order chi connectivity index (χ1) is 12.5. The van der Waals surface area contributed by atoms with Crippen LogP contribution in [0.3, 0.4) is 0 Å². The summed E-state index contributed by atoms with van der Waals surface area (Å²) in [6.07, 6.45) is -3.58. The topological polar surface area (TPSA) is 60.5 Å². The molecular formula is C19H21F3N2O3. The lowest BCUT2D eigenvalue weighted by molar-refractivity contribution is -0.137. The first-order valence-electron chi connectivity index (χ1n) is 8.30. The Kier molecular flexibility index (Phi) is 6.30. The molecule has 0 saturated heterocycles. The number of aromatic nitrogens is 1. The van der Waals surface area contributed by atoms with E-state index < -0.39 is 23.4 Å². The normalized spacial score (nSPS) is 11.8. The number of amides is 1. The largest absolute Gasteiger partial charge is 0.444 e. The Morgan fingerprint density at radius 2 is 1.74 bits per heavy atom. The number of hydrogen-bond donors (Lipinski definition) is 1. The van der Waals surface area contributed by atoms with E-state index in [0.717, 1.165) is 17.8 Å². The average Bonchev–Trinajstić information content (AvgIpc) is 2.54. The van der Waals surface area contributed by atoms with Gasteiger partial charge >= 0.3 is 12.3 Å². The summed E-state index contributed by atoms with van der Waals surface area (Å²) in [6.45, 7) is 5.78. The Morgan fingerprint density at radius 3 is 2.26 bits per heavy atom. The van der Waals surface area contributed by atoms with Crippen LogP contribution in [0.1, 0.15) is 31.9 Å². The van der Waals surface area contributed by atoms with Crippen LogP contribution in [-0.4, -0.2) is 23.2 Å². The fourth-order valence-electron chi connectivity index (χ4n) is 2.08. The Hall–Kier alpha value is -2.77. The summed E-state index contributed by atoms with van der Waals surface area (Å²) in [7, 11) is 0. The van der Waals surface area contributed by atoms with Gasteiger partial charge in [-0.25, -0.2) is 9.78 Å². The van der Waals surface area contributed by atoms with Crippen LogP contribution in [0.15, 0.2) is 42.6 Å². The zero-order valence-electron chi connectivity index (χ0n) is 15.3. The van der Waals surface area contributed by atoms with Crippen molar-refractivity contribution >= 4 is 6.09 Å². The number of alkyl carbamates (subject to hydrolysis) is 1. The van der Waals surface area contributed by atoms with Gasteiger partial charge in [0.05, 0.1) is 5.56 Å². The molecule has 0 fully saturated rings. The number of ether oxygens (including phenoxy) is 2. The number of carbonyl (C=O) groups excluding carboxylic acids is 1. The highest BCUT2D eigenvalue weighted by Gasteiger charge is 2.30. The van der Waals surface area contributed by atoms with Gasteiger partial charge in [-0.2, -0.15) is 13.2 Å². The number of pyridine rings is 1. The van der Waals surface area contributed by atoms with E-state index >= 15 is 0 Å². The maximum atomic E-state index is 12.5. The van der Waals surface area contributed by atoms with E-state index in [0.29, 0.717) is 18.7 Å². The Labute approximate surface area is 155 Å². The molecule has 146 valence electrons. The summed E-state index contributed by atoms with van der Waals surface area (Å²) in [5, 5.41) is 2.67. The molecule has 0 radical (unpaired) electrons. The summed E-state index contributed by atoms with van der Waals surface area (Å²) < 4.78 is 48.1. The quantitative estimate of drug-likeness (QED) is 0.794. The van der Waals surface area contributed by atoms with Crippen LogP contribution in [-0.2, 0) is 17.3 Å². The maximum absolute atomic E-state index is 12.5. The van der Waals surface area contributed by atoms with Crippen LogP contribution < -0.4 is 10.1 Å². The molecule has 1 aromatic heterocycles. The summed E-state index contributed by atoms with van der Waals surface area (Å²) in [5.41, 5.74) is -0.420. The summed E-state index contributed by atoms with van der Waals surface area (Å²) in [6, 6.07) is 9.05. The molecule has 27 heavy (non-hydrogen) atoms. The molecule has 0 aliphatic rings. The van der Waals surface area contributed by atoms with Crippen LogP contribution in [0, 0.1) is 0 Å². The summed E-state index contributed by atoms with van der Waals surface area (Å²) >= 11 is 0. The third-order valence-corrected chi connectivity index (χ3v) is 3.29. The van der Waals surface area contributed by atoms with Gasteiger partial charge < -0.3 is 14.8 Å². The van der Waals surface area contributed by atoms with Gasteiger partial charge in [0.25, 0.3) is 0 Å². The van der Waals surface area contributed by atoms with Gasteiger partial charge in [0, 0.05) is 18.8 Å². The second-order valence-corrected chi connectivity index (χ2v) is 6.81. The molecular weight excluding hydrogens is 361 g/mol. The molecule has 0 bridgehead atoms. The highest BCUT2D eigenvalue weighted by atomic mass is 19.4. The predicted octanol–water partition coefficient (Wildman–Crippen LogP) is 4.96. The van der Waals surface area contributed by atoms with Crippen LogP contribution in [0.25, 0.3) is 0 Å². The lowest BCUT2D eigenvalue weighted by Gasteiger charge is -2.19. The number of benzene rings is 1. The Balaban J connectivity index is 1.84. The van der Waals surface area contributed by atoms with E-state index in [2.05, 4.69) is 10.3 Å². The molecule has 0 aliphatic carbocycles. The molecule has 1 aromatic carbocycles. The molecule has 0 aliphatic heterocycles. The number of rotatable bonds is 5. The van der Waals surface area contributed by atoms with E-state index in [1.165, 1.54) is 6.07 Å². The number of hydrogen-bond acceptors (Lipinski definition) is 4. The second-order valence-electron chi connectivity index (χ2n) is 6.81. The molecule has 0 spiro atoms. The van der Waals surface area contributed by atoms with Crippen molar-refractivity contribution < 1.29 is 27.4 Å². The molecule has 1 N–H and O–H groups in total. The van der Waals surface area contributed by atoms with E-state index in [1.54, 1.807) is 45.0 Å². The maximum Gasteiger partial charge on any atom is 0.417 e. The molecule has 2 rings (SSSR count). The first-order valence-corrected chi connectivity index (χ1v) is 8.30. The molecule has 8 heteroatoms. The minimum absolute atomic E-state index is 0.0716. The highest BCUT2D eigenvalue weighted by Crippen LogP contribution is 2.30. The van der Waals surface area contributed by atoms with Crippen molar-refractivity contribution in [2.24, 2.45) is 0 Å². The third kappa shape index (κ3) is 7.16. The number of nitrogens with one attached hydrogen (secondary N) is 1. The molecule has 5 nitrogen and oxygen atoms in total. The summed E-state index contributed by atoms with van der Waals surface area (Å²) in [5.74, 6) is 0.522. The number of halogens is 3. The number of alkyl halides is 3. The zero-order chi connectivity index (χ0) is 20.1. The van der Waals surface area contributed by atoms with E-state index in [-0.39, 0.29) is 5.88 Å². The highest BCUT2D eigenvalue weighted by molar-refractivity contribution is 5.67. The molecule has 0 unspecified atom stereocenters. The van der Waals surface area contributed by atoms with Crippen LogP contribution >= 0.6 is 0 Å². The van der Waals surface area contributed by atoms with Crippen LogP contribution in [0.2, 0.25) is 0 Å². The van der Waals surface area contributed by atoms with Gasteiger partial charge in [-0.3, -0.25) is 0 Å². The van der Waals surface area contributed by atoms with Crippen molar-refractivity contribution in [3.8, 4) is 11.6 Å². The standard InChI is InChI=1S/C19H21F3N2O3/c1-18(2,3)27-17(25)23-11-10-13-4-7-15(8-5-13)26-16-9-6-14(12-24-16)19(20,21)22/h4-9,12H,10-11H2,1-3H3,(H,23,25). The zero-order valence-corrected chi connectivity index (χ0v) is 15.3. The van der Waals surface area contributed by atoms with E-state index in [4.69, 9.17) is 9.47 Å². The number of carbonyl (C=O) groups is 1. The van der Waals surface area contributed by atoms with Crippen molar-refractivity contribution in [1.82, 2.24) is 10.3 Å². The smallest absolute Gasteiger partial charge is 0.417 e. The van der Waals surface area contributed by atoms with Gasteiger partial charge in [0.15, 0.2) is 0 Å². The third-order valence-electron chi connectivity index (χ3n) is 3.29. The minimum atomic E-state index is -4.43. The average molecular weight is 382 g/mol. The van der Waals surface area contributed by atoms with Gasteiger partial charge in [-0.15, -0.1) is 0 Å². The Bertz CT molecular complexity index is 752. The predicted molar refractivity (Wildman–Crippen MR) is 93.7 cm³/mol. The molecule has 1 heterocycles. The van der Waals surface area contributed by atoms with Crippen molar-refractivity contribution in [2.45, 2.75) is 39.0 Å². The molecule has 0 atom stereocenters. The molecule has 1 amide bonds. The van der Waals surface area contributed by atoms with Gasteiger partial charge in [-0.05, 0) is 51.0 Å². The fourth-order valence-corrected chi connectivity index (χ4v) is 2.08. The second kappa shape index (κ2) is 8.28.